The molecule has 0 aliphatic heterocycles. The summed E-state index contributed by atoms with van der Waals surface area (Å²) < 4.78 is 52.8. The first-order valence-electron chi connectivity index (χ1n) is 18.4. The van der Waals surface area contributed by atoms with Gasteiger partial charge in [0.25, 0.3) is 0 Å². The van der Waals surface area contributed by atoms with Crippen LogP contribution in [0.15, 0.2) is 91.0 Å². The molecule has 0 saturated carbocycles. The minimum Gasteiger partial charge on any atom is -0.379 e. The molecule has 0 saturated heterocycles. The summed E-state index contributed by atoms with van der Waals surface area (Å²) in [6.07, 6.45) is 4.98. The first-order valence-corrected chi connectivity index (χ1v) is 19.9. The summed E-state index contributed by atoms with van der Waals surface area (Å²) >= 11 is 2.42. The summed E-state index contributed by atoms with van der Waals surface area (Å²) in [5.74, 6) is 0. The van der Waals surface area contributed by atoms with E-state index in [0.717, 1.165) is 29.7 Å². The van der Waals surface area contributed by atoms with E-state index < -0.39 is 5.60 Å². The number of unbranched alkanes of at least 4 members (excludes halogenated alkanes) is 3. The van der Waals surface area contributed by atoms with Crippen molar-refractivity contribution in [2.45, 2.75) is 31.3 Å². The molecule has 0 atom stereocenters. The largest absolute Gasteiger partial charge is 0.379 e. The Balaban J connectivity index is 1.10. The fraction of sp³-hybridized carbons (Fsp3) is 0.561. The molecule has 0 spiro atoms. The third-order valence-electron chi connectivity index (χ3n) is 7.86. The molecule has 0 aromatic heterocycles. The van der Waals surface area contributed by atoms with Crippen LogP contribution < -0.4 is 0 Å². The van der Waals surface area contributed by atoms with Crippen molar-refractivity contribution in [1.82, 2.24) is 0 Å². The van der Waals surface area contributed by atoms with Gasteiger partial charge in [-0.05, 0) is 34.0 Å². The Kier molecular flexibility index (Phi) is 26.0. The monoisotopic (exact) mass is 822 g/mol. The quantitative estimate of drug-likeness (QED) is 0.0271. The number of ether oxygens (including phenoxy) is 9. The normalized spacial score (nSPS) is 11.7. The molecule has 0 N–H and O–H groups in total. The second kappa shape index (κ2) is 30.5. The third-order valence-corrected chi connectivity index (χ3v) is 8.63. The van der Waals surface area contributed by atoms with Crippen LogP contribution in [0, 0.1) is 0 Å². The van der Waals surface area contributed by atoms with E-state index in [2.05, 4.69) is 59.0 Å². The summed E-state index contributed by atoms with van der Waals surface area (Å²) in [6.45, 7) is 9.18. The lowest BCUT2D eigenvalue weighted by molar-refractivity contribution is -0.0398. The van der Waals surface area contributed by atoms with Gasteiger partial charge in [-0.15, -0.1) is 0 Å². The fourth-order valence-corrected chi connectivity index (χ4v) is 5.86. The van der Waals surface area contributed by atoms with E-state index in [4.69, 9.17) is 42.6 Å². The summed E-state index contributed by atoms with van der Waals surface area (Å²) in [7, 11) is 0. The lowest BCUT2D eigenvalue weighted by Crippen LogP contribution is -2.34. The highest BCUT2D eigenvalue weighted by Crippen LogP contribution is 2.40. The van der Waals surface area contributed by atoms with Gasteiger partial charge < -0.3 is 42.6 Å². The van der Waals surface area contributed by atoms with Crippen LogP contribution in [0.3, 0.4) is 0 Å². The number of hydrogen-bond donors (Lipinski definition) is 0. The van der Waals surface area contributed by atoms with Crippen LogP contribution in [0.2, 0.25) is 0 Å². The maximum absolute atomic E-state index is 6.73. The minimum absolute atomic E-state index is 0.423. The highest BCUT2D eigenvalue weighted by atomic mass is 127. The van der Waals surface area contributed by atoms with Crippen molar-refractivity contribution in [2.75, 3.05) is 117 Å². The second-order valence-corrected chi connectivity index (χ2v) is 12.7. The van der Waals surface area contributed by atoms with E-state index in [1.165, 1.54) is 23.7 Å². The first-order chi connectivity index (χ1) is 25.4. The predicted molar refractivity (Wildman–Crippen MR) is 209 cm³/mol. The zero-order valence-electron chi connectivity index (χ0n) is 30.3. The molecular formula is C41H59IO9. The fourth-order valence-electron chi connectivity index (χ4n) is 5.32. The number of rotatable bonds is 34. The lowest BCUT2D eigenvalue weighted by Gasteiger charge is -2.36. The van der Waals surface area contributed by atoms with Gasteiger partial charge in [-0.3, -0.25) is 0 Å². The van der Waals surface area contributed by atoms with Crippen LogP contribution in [0.5, 0.6) is 0 Å². The minimum atomic E-state index is -0.745. The zero-order valence-corrected chi connectivity index (χ0v) is 32.4. The number of hydrogen-bond acceptors (Lipinski definition) is 9. The van der Waals surface area contributed by atoms with Gasteiger partial charge in [-0.1, -0.05) is 126 Å². The van der Waals surface area contributed by atoms with Crippen molar-refractivity contribution in [3.63, 3.8) is 0 Å². The van der Waals surface area contributed by atoms with Gasteiger partial charge >= 0.3 is 0 Å². The molecule has 0 amide bonds. The topological polar surface area (TPSA) is 83.1 Å². The Morgan fingerprint density at radius 2 is 0.588 bits per heavy atom. The molecule has 3 aromatic rings. The molecule has 0 fully saturated rings. The number of alkyl halides is 1. The molecule has 0 heterocycles. The Morgan fingerprint density at radius 1 is 0.314 bits per heavy atom. The molecule has 3 aromatic carbocycles. The second-order valence-electron chi connectivity index (χ2n) is 11.6. The first kappa shape index (κ1) is 43.4. The van der Waals surface area contributed by atoms with Crippen LogP contribution in [0.25, 0.3) is 0 Å². The van der Waals surface area contributed by atoms with Crippen LogP contribution in [-0.2, 0) is 48.2 Å². The van der Waals surface area contributed by atoms with Gasteiger partial charge in [0.2, 0.25) is 0 Å². The van der Waals surface area contributed by atoms with E-state index in [1.807, 2.05) is 54.6 Å². The van der Waals surface area contributed by atoms with E-state index in [-0.39, 0.29) is 0 Å². The molecule has 0 aliphatic carbocycles. The number of benzene rings is 3. The molecule has 284 valence electrons. The van der Waals surface area contributed by atoms with E-state index in [9.17, 15) is 0 Å². The van der Waals surface area contributed by atoms with Gasteiger partial charge in [0.05, 0.1) is 106 Å². The molecule has 3 rings (SSSR count). The summed E-state index contributed by atoms with van der Waals surface area (Å²) in [4.78, 5) is 0. The summed E-state index contributed by atoms with van der Waals surface area (Å²) in [6, 6.07) is 31.0. The Hall–Kier alpha value is -1.97. The Morgan fingerprint density at radius 3 is 0.902 bits per heavy atom. The molecule has 0 bridgehead atoms. The summed E-state index contributed by atoms with van der Waals surface area (Å²) in [5.41, 5.74) is 2.47. The molecular weight excluding hydrogens is 763 g/mol. The average Bonchev–Trinajstić information content (AvgIpc) is 3.18. The van der Waals surface area contributed by atoms with Crippen molar-refractivity contribution in [3.8, 4) is 0 Å². The standard InChI is InChI=1S/C41H59IO9/c42-20-12-1-2-13-21-43-22-23-44-24-25-45-26-27-46-28-29-47-30-31-48-32-33-49-34-35-50-36-37-51-41(38-14-6-3-7-15-38,39-16-8-4-9-17-39)40-18-10-5-11-19-40/h3-11,14-19H,1-2,12-13,20-37H2. The summed E-state index contributed by atoms with van der Waals surface area (Å²) in [5, 5.41) is 0. The maximum atomic E-state index is 6.73. The van der Waals surface area contributed by atoms with Gasteiger partial charge in [0, 0.05) is 6.61 Å². The molecule has 0 radical (unpaired) electrons. The number of halogens is 1. The third kappa shape index (κ3) is 19.1. The zero-order chi connectivity index (χ0) is 35.8. The van der Waals surface area contributed by atoms with Crippen LogP contribution in [0.4, 0.5) is 0 Å². The lowest BCUT2D eigenvalue weighted by atomic mass is 9.80. The molecule has 10 heteroatoms. The molecule has 51 heavy (non-hydrogen) atoms. The van der Waals surface area contributed by atoms with Crippen LogP contribution in [-0.4, -0.2) is 117 Å². The predicted octanol–water partition coefficient (Wildman–Crippen LogP) is 7.12. The Bertz CT molecular complexity index is 1080. The van der Waals surface area contributed by atoms with Gasteiger partial charge in [0.15, 0.2) is 0 Å². The van der Waals surface area contributed by atoms with E-state index in [1.54, 1.807) is 0 Å². The maximum Gasteiger partial charge on any atom is 0.143 e. The SMILES string of the molecule is ICCCCCCOCCOCCOCCOCCOCCOCCOCCOCCOC(c1ccccc1)(c1ccccc1)c1ccccc1. The average molecular weight is 823 g/mol. The van der Waals surface area contributed by atoms with Crippen molar-refractivity contribution in [3.05, 3.63) is 108 Å². The van der Waals surface area contributed by atoms with Crippen molar-refractivity contribution in [2.24, 2.45) is 0 Å². The van der Waals surface area contributed by atoms with Crippen molar-refractivity contribution >= 4 is 22.6 Å². The van der Waals surface area contributed by atoms with Gasteiger partial charge in [-0.25, -0.2) is 0 Å². The highest BCUT2D eigenvalue weighted by Gasteiger charge is 2.37. The van der Waals surface area contributed by atoms with E-state index in [0.29, 0.717) is 106 Å². The van der Waals surface area contributed by atoms with Crippen LogP contribution >= 0.6 is 22.6 Å². The Labute approximate surface area is 319 Å². The van der Waals surface area contributed by atoms with Crippen molar-refractivity contribution < 1.29 is 42.6 Å². The van der Waals surface area contributed by atoms with E-state index >= 15 is 0 Å². The van der Waals surface area contributed by atoms with Crippen molar-refractivity contribution in [1.29, 1.82) is 0 Å². The smallest absolute Gasteiger partial charge is 0.143 e. The van der Waals surface area contributed by atoms with Crippen LogP contribution in [0.1, 0.15) is 42.4 Å². The van der Waals surface area contributed by atoms with Gasteiger partial charge in [-0.2, -0.15) is 0 Å². The molecule has 0 aliphatic rings. The highest BCUT2D eigenvalue weighted by molar-refractivity contribution is 14.1. The molecule has 9 nitrogen and oxygen atoms in total. The molecule has 0 unspecified atom stereocenters. The van der Waals surface area contributed by atoms with Gasteiger partial charge in [0.1, 0.15) is 5.60 Å².